The van der Waals surface area contributed by atoms with Crippen molar-refractivity contribution in [3.8, 4) is 5.88 Å². The van der Waals surface area contributed by atoms with Crippen LogP contribution in [0.15, 0.2) is 12.1 Å². The monoisotopic (exact) mass is 323 g/mol. The molecule has 1 aliphatic heterocycles. The lowest BCUT2D eigenvalue weighted by molar-refractivity contribution is 0.107. The number of carbonyl (C=O) groups is 1. The van der Waals surface area contributed by atoms with E-state index in [1.165, 1.54) is 19.6 Å². The zero-order chi connectivity index (χ0) is 15.7. The summed E-state index contributed by atoms with van der Waals surface area (Å²) in [6.45, 7) is 1.75. The summed E-state index contributed by atoms with van der Waals surface area (Å²) in [5.41, 5.74) is 0.557. The Morgan fingerprint density at radius 3 is 2.55 bits per heavy atom. The summed E-state index contributed by atoms with van der Waals surface area (Å²) in [4.78, 5) is 22.2. The van der Waals surface area contributed by atoms with Crippen molar-refractivity contribution in [1.29, 1.82) is 0 Å². The summed E-state index contributed by atoms with van der Waals surface area (Å²) < 4.78 is 19.1. The van der Waals surface area contributed by atoms with E-state index in [0.717, 1.165) is 32.0 Å². The lowest BCUT2D eigenvalue weighted by Crippen LogP contribution is -2.30. The first-order valence-electron chi connectivity index (χ1n) is 7.10. The van der Waals surface area contributed by atoms with Gasteiger partial charge in [-0.1, -0.05) is 0 Å². The highest BCUT2D eigenvalue weighted by Gasteiger charge is 2.20. The van der Waals surface area contributed by atoms with E-state index >= 15 is 0 Å². The number of aromatic nitrogens is 2. The van der Waals surface area contributed by atoms with Gasteiger partial charge in [0.2, 0.25) is 0 Å². The lowest BCUT2D eigenvalue weighted by Gasteiger charge is -2.28. The van der Waals surface area contributed by atoms with Gasteiger partial charge in [-0.3, -0.25) is 4.79 Å². The molecule has 1 saturated heterocycles. The summed E-state index contributed by atoms with van der Waals surface area (Å²) >= 11 is 5.39. The normalized spacial score (nSPS) is 15.1. The van der Waals surface area contributed by atoms with Crippen molar-refractivity contribution in [2.75, 3.05) is 25.1 Å². The number of hydrogen-bond acceptors (Lipinski definition) is 5. The Morgan fingerprint density at radius 1 is 1.23 bits per heavy atom. The number of anilines is 1. The SMILES string of the molecule is COc1nc2cc(F)c(C(=O)Cl)cc2nc1N1CCCCC1. The number of fused-ring (bicyclic) bond motifs is 1. The molecule has 1 aromatic carbocycles. The van der Waals surface area contributed by atoms with Gasteiger partial charge in [0.15, 0.2) is 5.82 Å². The van der Waals surface area contributed by atoms with Crippen molar-refractivity contribution in [3.63, 3.8) is 0 Å². The van der Waals surface area contributed by atoms with E-state index in [1.807, 2.05) is 0 Å². The molecule has 2 aromatic rings. The molecule has 0 unspecified atom stereocenters. The third kappa shape index (κ3) is 2.70. The van der Waals surface area contributed by atoms with Crippen molar-refractivity contribution in [1.82, 2.24) is 9.97 Å². The second-order valence-corrected chi connectivity index (χ2v) is 5.54. The van der Waals surface area contributed by atoms with E-state index in [0.29, 0.717) is 22.7 Å². The second-order valence-electron chi connectivity index (χ2n) is 5.20. The van der Waals surface area contributed by atoms with Gasteiger partial charge in [0.25, 0.3) is 11.1 Å². The fraction of sp³-hybridized carbons (Fsp3) is 0.400. The number of piperidine rings is 1. The smallest absolute Gasteiger partial charge is 0.257 e. The molecule has 0 atom stereocenters. The first-order chi connectivity index (χ1) is 10.6. The van der Waals surface area contributed by atoms with E-state index in [-0.39, 0.29) is 5.56 Å². The van der Waals surface area contributed by atoms with Crippen molar-refractivity contribution in [3.05, 3.63) is 23.5 Å². The Balaban J connectivity index is 2.14. The molecule has 0 spiro atoms. The Labute approximate surface area is 132 Å². The van der Waals surface area contributed by atoms with E-state index in [9.17, 15) is 9.18 Å². The van der Waals surface area contributed by atoms with Crippen molar-refractivity contribution >= 4 is 33.7 Å². The fourth-order valence-corrected chi connectivity index (χ4v) is 2.80. The molecule has 7 heteroatoms. The Morgan fingerprint density at radius 2 is 1.91 bits per heavy atom. The molecule has 2 heterocycles. The van der Waals surface area contributed by atoms with Crippen LogP contribution in [-0.2, 0) is 0 Å². The van der Waals surface area contributed by atoms with Crippen LogP contribution in [0.2, 0.25) is 0 Å². The molecule has 116 valence electrons. The molecule has 0 aliphatic carbocycles. The quantitative estimate of drug-likeness (QED) is 0.812. The highest BCUT2D eigenvalue weighted by molar-refractivity contribution is 6.67. The van der Waals surface area contributed by atoms with E-state index < -0.39 is 11.1 Å². The average Bonchev–Trinajstić information content (AvgIpc) is 2.53. The fourth-order valence-electron chi connectivity index (χ4n) is 2.65. The third-order valence-electron chi connectivity index (χ3n) is 3.76. The minimum Gasteiger partial charge on any atom is -0.478 e. The van der Waals surface area contributed by atoms with Gasteiger partial charge >= 0.3 is 0 Å². The molecule has 1 fully saturated rings. The molecule has 1 aromatic heterocycles. The number of methoxy groups -OCH3 is 1. The van der Waals surface area contributed by atoms with Crippen LogP contribution in [0.3, 0.4) is 0 Å². The number of halogens is 2. The van der Waals surface area contributed by atoms with Gasteiger partial charge in [-0.05, 0) is 36.9 Å². The molecule has 0 amide bonds. The van der Waals surface area contributed by atoms with Crippen LogP contribution in [0.4, 0.5) is 10.2 Å². The molecule has 0 bridgehead atoms. The molecule has 5 nitrogen and oxygen atoms in total. The van der Waals surface area contributed by atoms with Crippen molar-refractivity contribution < 1.29 is 13.9 Å². The number of ether oxygens (including phenoxy) is 1. The van der Waals surface area contributed by atoms with Crippen LogP contribution < -0.4 is 9.64 Å². The first-order valence-corrected chi connectivity index (χ1v) is 7.48. The molecule has 22 heavy (non-hydrogen) atoms. The summed E-state index contributed by atoms with van der Waals surface area (Å²) in [5, 5.41) is -0.850. The maximum atomic E-state index is 13.8. The standard InChI is InChI=1S/C15H15ClFN3O2/c1-22-15-14(20-5-3-2-4-6-20)18-11-7-9(13(16)21)10(17)8-12(11)19-15/h7-8H,2-6H2,1H3. The summed E-state index contributed by atoms with van der Waals surface area (Å²) in [5.74, 6) is 0.266. The Bertz CT molecular complexity index is 732. The highest BCUT2D eigenvalue weighted by atomic mass is 35.5. The van der Waals surface area contributed by atoms with Crippen molar-refractivity contribution in [2.45, 2.75) is 19.3 Å². The van der Waals surface area contributed by atoms with Gasteiger partial charge in [0.1, 0.15) is 5.82 Å². The summed E-state index contributed by atoms with van der Waals surface area (Å²) in [6.07, 6.45) is 3.35. The molecule has 1 aliphatic rings. The van der Waals surface area contributed by atoms with Gasteiger partial charge in [-0.25, -0.2) is 14.4 Å². The molecule has 0 N–H and O–H groups in total. The minimum absolute atomic E-state index is 0.196. The Kier molecular flexibility index (Phi) is 4.11. The zero-order valence-corrected chi connectivity index (χ0v) is 12.9. The van der Waals surface area contributed by atoms with E-state index in [4.69, 9.17) is 16.3 Å². The van der Waals surface area contributed by atoms with Crippen LogP contribution in [-0.4, -0.2) is 35.4 Å². The average molecular weight is 324 g/mol. The van der Waals surface area contributed by atoms with Crippen LogP contribution in [0, 0.1) is 5.82 Å². The molecule has 3 rings (SSSR count). The third-order valence-corrected chi connectivity index (χ3v) is 3.97. The number of carbonyl (C=O) groups excluding carboxylic acids is 1. The minimum atomic E-state index is -0.850. The van der Waals surface area contributed by atoms with Crippen molar-refractivity contribution in [2.24, 2.45) is 0 Å². The van der Waals surface area contributed by atoms with Gasteiger partial charge in [0, 0.05) is 19.2 Å². The van der Waals surface area contributed by atoms with Gasteiger partial charge < -0.3 is 9.64 Å². The largest absolute Gasteiger partial charge is 0.478 e. The zero-order valence-electron chi connectivity index (χ0n) is 12.1. The highest BCUT2D eigenvalue weighted by Crippen LogP contribution is 2.30. The molecule has 0 radical (unpaired) electrons. The Hall–Kier alpha value is -1.95. The maximum Gasteiger partial charge on any atom is 0.257 e. The number of rotatable bonds is 3. The predicted molar refractivity (Wildman–Crippen MR) is 82.3 cm³/mol. The van der Waals surface area contributed by atoms with Crippen LogP contribution in [0.25, 0.3) is 11.0 Å². The van der Waals surface area contributed by atoms with Gasteiger partial charge in [-0.2, -0.15) is 0 Å². The number of benzene rings is 1. The lowest BCUT2D eigenvalue weighted by atomic mass is 10.1. The molecular formula is C15H15ClFN3O2. The summed E-state index contributed by atoms with van der Waals surface area (Å²) in [6, 6.07) is 2.49. The van der Waals surface area contributed by atoms with Crippen LogP contribution in [0.5, 0.6) is 5.88 Å². The topological polar surface area (TPSA) is 55.3 Å². The predicted octanol–water partition coefficient (Wildman–Crippen LogP) is 3.15. The number of nitrogens with zero attached hydrogens (tertiary/aromatic N) is 3. The maximum absolute atomic E-state index is 13.8. The van der Waals surface area contributed by atoms with E-state index in [2.05, 4.69) is 14.9 Å². The summed E-state index contributed by atoms with van der Waals surface area (Å²) in [7, 11) is 1.51. The second kappa shape index (κ2) is 6.04. The van der Waals surface area contributed by atoms with Gasteiger partial charge in [-0.15, -0.1) is 0 Å². The van der Waals surface area contributed by atoms with Gasteiger partial charge in [0.05, 0.1) is 23.7 Å². The first kappa shape index (κ1) is 15.0. The van der Waals surface area contributed by atoms with Crippen LogP contribution >= 0.6 is 11.6 Å². The number of hydrogen-bond donors (Lipinski definition) is 0. The molecule has 0 saturated carbocycles. The van der Waals surface area contributed by atoms with Crippen LogP contribution in [0.1, 0.15) is 29.6 Å². The van der Waals surface area contributed by atoms with E-state index in [1.54, 1.807) is 0 Å². The molecular weight excluding hydrogens is 309 g/mol.